The van der Waals surface area contributed by atoms with Gasteiger partial charge in [-0.2, -0.15) is 0 Å². The van der Waals surface area contributed by atoms with Crippen LogP contribution in [0.3, 0.4) is 0 Å². The SMILES string of the molecule is c1ccc(-c2nc(-c3cccc(-n4c5ccccc5c5ccccc54)c3)nc(C3c4ccccc4-c4ccc5c(c43)C(c3ccccc3)c3ccccc3-5)n2)cc1. The van der Waals surface area contributed by atoms with E-state index in [0.29, 0.717) is 11.6 Å². The molecule has 2 unspecified atom stereocenters. The lowest BCUT2D eigenvalue weighted by molar-refractivity contribution is 0.839. The van der Waals surface area contributed by atoms with Gasteiger partial charge in [0.05, 0.1) is 17.0 Å². The van der Waals surface area contributed by atoms with Crippen LogP contribution in [0.4, 0.5) is 0 Å². The molecule has 57 heavy (non-hydrogen) atoms. The highest BCUT2D eigenvalue weighted by Crippen LogP contribution is 2.57. The average molecular weight is 727 g/mol. The van der Waals surface area contributed by atoms with Gasteiger partial charge in [0.15, 0.2) is 11.6 Å². The minimum absolute atomic E-state index is 0.0851. The number of hydrogen-bond acceptors (Lipinski definition) is 3. The number of fused-ring (bicyclic) bond motifs is 10. The Morgan fingerprint density at radius 2 is 0.877 bits per heavy atom. The molecule has 2 aliphatic rings. The van der Waals surface area contributed by atoms with Gasteiger partial charge in [0, 0.05) is 33.5 Å². The molecule has 0 N–H and O–H groups in total. The van der Waals surface area contributed by atoms with Gasteiger partial charge in [0.25, 0.3) is 0 Å². The van der Waals surface area contributed by atoms with Crippen LogP contribution in [0.2, 0.25) is 0 Å². The normalized spacial score (nSPS) is 15.0. The summed E-state index contributed by atoms with van der Waals surface area (Å²) in [7, 11) is 0. The third-order valence-electron chi connectivity index (χ3n) is 12.0. The maximum atomic E-state index is 5.50. The molecule has 4 nitrogen and oxygen atoms in total. The summed E-state index contributed by atoms with van der Waals surface area (Å²) in [5.41, 5.74) is 16.8. The molecule has 4 heteroatoms. The molecule has 0 saturated heterocycles. The van der Waals surface area contributed by atoms with Gasteiger partial charge in [0.2, 0.25) is 0 Å². The fourth-order valence-electron chi connectivity index (χ4n) is 9.64. The maximum absolute atomic E-state index is 5.50. The lowest BCUT2D eigenvalue weighted by atomic mass is 9.82. The second-order valence-corrected chi connectivity index (χ2v) is 15.1. The number of aromatic nitrogens is 4. The first kappa shape index (κ1) is 31.9. The number of nitrogens with zero attached hydrogens (tertiary/aromatic N) is 4. The molecule has 0 fully saturated rings. The Bertz CT molecular complexity index is 3150. The van der Waals surface area contributed by atoms with E-state index < -0.39 is 0 Å². The summed E-state index contributed by atoms with van der Waals surface area (Å²) in [5.74, 6) is 1.96. The van der Waals surface area contributed by atoms with Crippen LogP contribution in [0.25, 0.3) is 72.5 Å². The highest BCUT2D eigenvalue weighted by atomic mass is 15.0. The smallest absolute Gasteiger partial charge is 0.163 e. The van der Waals surface area contributed by atoms with Crippen molar-refractivity contribution in [3.05, 3.63) is 228 Å². The summed E-state index contributed by atoms with van der Waals surface area (Å²) in [4.78, 5) is 16.1. The van der Waals surface area contributed by atoms with Gasteiger partial charge in [-0.3, -0.25) is 0 Å². The third-order valence-corrected chi connectivity index (χ3v) is 12.0. The summed E-state index contributed by atoms with van der Waals surface area (Å²) in [6, 6.07) is 69.6. The molecule has 0 bridgehead atoms. The van der Waals surface area contributed by atoms with Crippen molar-refractivity contribution >= 4 is 21.8 Å². The standard InChI is InChI=1S/C53H34N4/c1-3-16-33(17-4-1)47-41-26-9-7-22-37(41)43-30-31-44-38-23-8-10-27-42(38)50(49(44)48(43)47)53-55-51(34-18-5-2-6-19-34)54-52(56-53)35-20-15-21-36(32-35)57-45-28-13-11-24-39(45)40-25-12-14-29-46(40)57/h1-32,47,50H. The van der Waals surface area contributed by atoms with E-state index >= 15 is 0 Å². The molecule has 8 aromatic carbocycles. The number of para-hydroxylation sites is 2. The highest BCUT2D eigenvalue weighted by Gasteiger charge is 2.41. The van der Waals surface area contributed by atoms with Crippen molar-refractivity contribution in [3.8, 4) is 50.7 Å². The Labute approximate surface area is 330 Å². The monoisotopic (exact) mass is 726 g/mol. The van der Waals surface area contributed by atoms with Crippen LogP contribution < -0.4 is 0 Å². The second-order valence-electron chi connectivity index (χ2n) is 15.1. The van der Waals surface area contributed by atoms with Crippen LogP contribution in [-0.4, -0.2) is 19.5 Å². The van der Waals surface area contributed by atoms with Gasteiger partial charge in [-0.05, 0) is 74.3 Å². The number of benzene rings is 8. The molecule has 266 valence electrons. The quantitative estimate of drug-likeness (QED) is 0.177. The fraction of sp³-hybridized carbons (Fsp3) is 0.0377. The fourth-order valence-corrected chi connectivity index (χ4v) is 9.64. The summed E-state index contributed by atoms with van der Waals surface area (Å²) in [6.45, 7) is 0. The van der Waals surface area contributed by atoms with Crippen LogP contribution in [0.5, 0.6) is 0 Å². The van der Waals surface area contributed by atoms with Crippen molar-refractivity contribution in [1.82, 2.24) is 19.5 Å². The average Bonchev–Trinajstić information content (AvgIpc) is 3.93. The molecule has 0 saturated carbocycles. The lowest BCUT2D eigenvalue weighted by Crippen LogP contribution is -2.12. The van der Waals surface area contributed by atoms with Crippen LogP contribution in [0, 0.1) is 0 Å². The van der Waals surface area contributed by atoms with E-state index in [0.717, 1.165) is 22.6 Å². The molecule has 0 radical (unpaired) electrons. The zero-order chi connectivity index (χ0) is 37.5. The van der Waals surface area contributed by atoms with Gasteiger partial charge in [-0.25, -0.2) is 15.0 Å². The van der Waals surface area contributed by atoms with Crippen LogP contribution in [0.1, 0.15) is 45.5 Å². The van der Waals surface area contributed by atoms with Gasteiger partial charge < -0.3 is 4.57 Å². The Morgan fingerprint density at radius 1 is 0.368 bits per heavy atom. The maximum Gasteiger partial charge on any atom is 0.163 e. The first-order valence-corrected chi connectivity index (χ1v) is 19.6. The topological polar surface area (TPSA) is 43.6 Å². The Kier molecular flexibility index (Phi) is 7.02. The van der Waals surface area contributed by atoms with Gasteiger partial charge >= 0.3 is 0 Å². The van der Waals surface area contributed by atoms with Crippen molar-refractivity contribution in [2.45, 2.75) is 11.8 Å². The first-order chi connectivity index (χ1) is 28.3. The molecule has 2 aliphatic carbocycles. The summed E-state index contributed by atoms with van der Waals surface area (Å²) < 4.78 is 2.35. The molecule has 2 aromatic heterocycles. The minimum atomic E-state index is -0.198. The third kappa shape index (κ3) is 4.84. The molecule has 12 rings (SSSR count). The van der Waals surface area contributed by atoms with E-state index in [1.165, 1.54) is 71.9 Å². The van der Waals surface area contributed by atoms with E-state index in [2.05, 4.69) is 193 Å². The molecular formula is C53H34N4. The van der Waals surface area contributed by atoms with Crippen LogP contribution >= 0.6 is 0 Å². The summed E-state index contributed by atoms with van der Waals surface area (Å²) >= 11 is 0. The van der Waals surface area contributed by atoms with Crippen molar-refractivity contribution in [2.24, 2.45) is 0 Å². The predicted octanol–water partition coefficient (Wildman–Crippen LogP) is 12.6. The van der Waals surface area contributed by atoms with E-state index in [1.807, 2.05) is 6.07 Å². The van der Waals surface area contributed by atoms with Gasteiger partial charge in [-0.15, -0.1) is 0 Å². The van der Waals surface area contributed by atoms with Crippen LogP contribution in [0.15, 0.2) is 194 Å². The molecular weight excluding hydrogens is 693 g/mol. The molecule has 0 amide bonds. The zero-order valence-electron chi connectivity index (χ0n) is 30.9. The van der Waals surface area contributed by atoms with Gasteiger partial charge in [-0.1, -0.05) is 170 Å². The molecule has 0 aliphatic heterocycles. The van der Waals surface area contributed by atoms with Gasteiger partial charge in [0.1, 0.15) is 5.82 Å². The Hall–Kier alpha value is -7.43. The van der Waals surface area contributed by atoms with Crippen molar-refractivity contribution in [2.75, 3.05) is 0 Å². The molecule has 2 atom stereocenters. The van der Waals surface area contributed by atoms with Crippen molar-refractivity contribution < 1.29 is 0 Å². The molecule has 10 aromatic rings. The van der Waals surface area contributed by atoms with E-state index in [4.69, 9.17) is 15.0 Å². The first-order valence-electron chi connectivity index (χ1n) is 19.6. The van der Waals surface area contributed by atoms with E-state index in [9.17, 15) is 0 Å². The largest absolute Gasteiger partial charge is 0.309 e. The van der Waals surface area contributed by atoms with Crippen LogP contribution in [-0.2, 0) is 0 Å². The summed E-state index contributed by atoms with van der Waals surface area (Å²) in [5, 5.41) is 2.46. The van der Waals surface area contributed by atoms with E-state index in [-0.39, 0.29) is 11.8 Å². The number of hydrogen-bond donors (Lipinski definition) is 0. The number of rotatable bonds is 5. The summed E-state index contributed by atoms with van der Waals surface area (Å²) in [6.07, 6.45) is 0. The van der Waals surface area contributed by atoms with Crippen molar-refractivity contribution in [1.29, 1.82) is 0 Å². The second kappa shape index (κ2) is 12.6. The van der Waals surface area contributed by atoms with Crippen molar-refractivity contribution in [3.63, 3.8) is 0 Å². The molecule has 0 spiro atoms. The lowest BCUT2D eigenvalue weighted by Gasteiger charge is -2.22. The molecule has 2 heterocycles. The Balaban J connectivity index is 1.10. The minimum Gasteiger partial charge on any atom is -0.309 e. The predicted molar refractivity (Wildman–Crippen MR) is 231 cm³/mol. The van der Waals surface area contributed by atoms with E-state index in [1.54, 1.807) is 0 Å². The highest BCUT2D eigenvalue weighted by molar-refractivity contribution is 6.09. The Morgan fingerprint density at radius 3 is 1.54 bits per heavy atom. The zero-order valence-corrected chi connectivity index (χ0v) is 30.9.